The van der Waals surface area contributed by atoms with Crippen LogP contribution in [-0.4, -0.2) is 21.4 Å². The van der Waals surface area contributed by atoms with E-state index in [1.165, 1.54) is 18.0 Å². The van der Waals surface area contributed by atoms with Gasteiger partial charge in [0.1, 0.15) is 0 Å². The molecule has 1 aromatic carbocycles. The first-order valence-electron chi connectivity index (χ1n) is 7.24. The molecule has 0 bridgehead atoms. The molecule has 0 spiro atoms. The largest absolute Gasteiger partial charge is 0.347 e. The van der Waals surface area contributed by atoms with Gasteiger partial charge >= 0.3 is 0 Å². The number of nitrogens with one attached hydrogen (secondary N) is 2. The highest BCUT2D eigenvalue weighted by molar-refractivity contribution is 5.94. The van der Waals surface area contributed by atoms with Crippen LogP contribution < -0.4 is 10.6 Å². The predicted octanol–water partition coefficient (Wildman–Crippen LogP) is 3.37. The number of anilines is 2. The van der Waals surface area contributed by atoms with Gasteiger partial charge in [-0.05, 0) is 51.8 Å². The van der Waals surface area contributed by atoms with E-state index in [0.717, 1.165) is 11.3 Å². The Morgan fingerprint density at radius 3 is 2.32 bits per heavy atom. The Kier molecular flexibility index (Phi) is 4.45. The number of amides is 1. The van der Waals surface area contributed by atoms with Gasteiger partial charge in [0.2, 0.25) is 5.95 Å². The van der Waals surface area contributed by atoms with Crippen molar-refractivity contribution in [2.75, 3.05) is 5.32 Å². The Labute approximate surface area is 131 Å². The van der Waals surface area contributed by atoms with Crippen LogP contribution in [-0.2, 0) is 0 Å². The number of carbonyl (C=O) groups excluding carboxylic acids is 1. The van der Waals surface area contributed by atoms with E-state index in [1.54, 1.807) is 0 Å². The third kappa shape index (κ3) is 4.04. The van der Waals surface area contributed by atoms with Crippen molar-refractivity contribution in [3.63, 3.8) is 0 Å². The number of hydrogen-bond acceptors (Lipinski definition) is 4. The van der Waals surface area contributed by atoms with Gasteiger partial charge in [0.25, 0.3) is 5.91 Å². The van der Waals surface area contributed by atoms with Gasteiger partial charge in [-0.3, -0.25) is 4.79 Å². The van der Waals surface area contributed by atoms with Crippen LogP contribution in [0.25, 0.3) is 0 Å². The van der Waals surface area contributed by atoms with E-state index in [9.17, 15) is 4.79 Å². The van der Waals surface area contributed by atoms with Crippen molar-refractivity contribution in [3.05, 3.63) is 47.3 Å². The average molecular weight is 298 g/mol. The van der Waals surface area contributed by atoms with Gasteiger partial charge in [0, 0.05) is 23.6 Å². The molecule has 1 heterocycles. The molecule has 0 aliphatic rings. The molecule has 22 heavy (non-hydrogen) atoms. The van der Waals surface area contributed by atoms with Crippen molar-refractivity contribution < 1.29 is 4.79 Å². The average Bonchev–Trinajstić information content (AvgIpc) is 2.43. The Bertz CT molecular complexity index is 672. The van der Waals surface area contributed by atoms with E-state index in [2.05, 4.69) is 33.6 Å². The fraction of sp³-hybridized carbons (Fsp3) is 0.353. The van der Waals surface area contributed by atoms with Crippen molar-refractivity contribution >= 4 is 17.5 Å². The van der Waals surface area contributed by atoms with Crippen LogP contribution in [0.3, 0.4) is 0 Å². The van der Waals surface area contributed by atoms with Gasteiger partial charge < -0.3 is 10.6 Å². The summed E-state index contributed by atoms with van der Waals surface area (Å²) in [6, 6.07) is 6.02. The second-order valence-corrected chi connectivity index (χ2v) is 6.37. The molecule has 0 aliphatic heterocycles. The van der Waals surface area contributed by atoms with Crippen LogP contribution in [0.2, 0.25) is 0 Å². The quantitative estimate of drug-likeness (QED) is 0.911. The molecule has 0 aliphatic carbocycles. The Morgan fingerprint density at radius 2 is 1.73 bits per heavy atom. The first-order valence-corrected chi connectivity index (χ1v) is 7.24. The normalized spacial score (nSPS) is 11.1. The second-order valence-electron chi connectivity index (χ2n) is 6.37. The molecule has 0 radical (unpaired) electrons. The van der Waals surface area contributed by atoms with Gasteiger partial charge in [0.15, 0.2) is 0 Å². The highest BCUT2D eigenvalue weighted by atomic mass is 16.1. The lowest BCUT2D eigenvalue weighted by atomic mass is 10.1. The summed E-state index contributed by atoms with van der Waals surface area (Å²) in [6.45, 7) is 9.90. The van der Waals surface area contributed by atoms with E-state index in [0.29, 0.717) is 11.5 Å². The molecule has 2 aromatic rings. The molecule has 5 heteroatoms. The Morgan fingerprint density at radius 1 is 1.09 bits per heavy atom. The molecule has 0 fully saturated rings. The summed E-state index contributed by atoms with van der Waals surface area (Å²) < 4.78 is 0. The van der Waals surface area contributed by atoms with Gasteiger partial charge in [-0.15, -0.1) is 0 Å². The highest BCUT2D eigenvalue weighted by Gasteiger charge is 2.15. The molecule has 116 valence electrons. The summed E-state index contributed by atoms with van der Waals surface area (Å²) in [7, 11) is 0. The smallest absolute Gasteiger partial charge is 0.254 e. The number of rotatable bonds is 3. The summed E-state index contributed by atoms with van der Waals surface area (Å²) in [5, 5.41) is 6.06. The predicted molar refractivity (Wildman–Crippen MR) is 88.4 cm³/mol. The SMILES string of the molecule is Cc1cccc(Nc2ncc(C(=O)NC(C)(C)C)cn2)c1C. The maximum Gasteiger partial charge on any atom is 0.254 e. The fourth-order valence-electron chi connectivity index (χ4n) is 1.93. The minimum atomic E-state index is -0.285. The number of benzene rings is 1. The third-order valence-corrected chi connectivity index (χ3v) is 3.25. The zero-order chi connectivity index (χ0) is 16.3. The van der Waals surface area contributed by atoms with E-state index >= 15 is 0 Å². The zero-order valence-electron chi connectivity index (χ0n) is 13.7. The summed E-state index contributed by atoms with van der Waals surface area (Å²) >= 11 is 0. The van der Waals surface area contributed by atoms with Crippen LogP contribution in [0.4, 0.5) is 11.6 Å². The molecule has 0 saturated carbocycles. The molecule has 1 aromatic heterocycles. The molecule has 0 atom stereocenters. The van der Waals surface area contributed by atoms with Gasteiger partial charge in [-0.2, -0.15) is 0 Å². The summed E-state index contributed by atoms with van der Waals surface area (Å²) in [6.07, 6.45) is 3.06. The minimum Gasteiger partial charge on any atom is -0.347 e. The first kappa shape index (κ1) is 15.9. The van der Waals surface area contributed by atoms with E-state index in [4.69, 9.17) is 0 Å². The lowest BCUT2D eigenvalue weighted by Crippen LogP contribution is -2.40. The monoisotopic (exact) mass is 298 g/mol. The maximum absolute atomic E-state index is 12.0. The number of nitrogens with zero attached hydrogens (tertiary/aromatic N) is 2. The topological polar surface area (TPSA) is 66.9 Å². The number of aryl methyl sites for hydroxylation is 1. The zero-order valence-corrected chi connectivity index (χ0v) is 13.7. The molecule has 0 unspecified atom stereocenters. The van der Waals surface area contributed by atoms with Crippen LogP contribution in [0, 0.1) is 13.8 Å². The van der Waals surface area contributed by atoms with Crippen LogP contribution in [0.15, 0.2) is 30.6 Å². The number of hydrogen-bond donors (Lipinski definition) is 2. The summed E-state index contributed by atoms with van der Waals surface area (Å²) in [5.74, 6) is 0.298. The third-order valence-electron chi connectivity index (χ3n) is 3.25. The fourth-order valence-corrected chi connectivity index (χ4v) is 1.93. The van der Waals surface area contributed by atoms with Crippen molar-refractivity contribution in [1.82, 2.24) is 15.3 Å². The first-order chi connectivity index (χ1) is 10.3. The van der Waals surface area contributed by atoms with Crippen molar-refractivity contribution in [1.29, 1.82) is 0 Å². The molecule has 5 nitrogen and oxygen atoms in total. The number of carbonyl (C=O) groups is 1. The molecule has 0 saturated heterocycles. The molecular formula is C17H22N4O. The van der Waals surface area contributed by atoms with Crippen LogP contribution in [0.1, 0.15) is 42.3 Å². The van der Waals surface area contributed by atoms with Gasteiger partial charge in [-0.1, -0.05) is 12.1 Å². The van der Waals surface area contributed by atoms with Crippen molar-refractivity contribution in [2.45, 2.75) is 40.2 Å². The molecule has 1 amide bonds. The summed E-state index contributed by atoms with van der Waals surface area (Å²) in [5.41, 5.74) is 3.48. The van der Waals surface area contributed by atoms with E-state index < -0.39 is 0 Å². The van der Waals surface area contributed by atoms with Gasteiger partial charge in [-0.25, -0.2) is 9.97 Å². The van der Waals surface area contributed by atoms with Crippen molar-refractivity contribution in [2.24, 2.45) is 0 Å². The Balaban J connectivity index is 2.12. The highest BCUT2D eigenvalue weighted by Crippen LogP contribution is 2.20. The van der Waals surface area contributed by atoms with E-state index in [-0.39, 0.29) is 11.4 Å². The van der Waals surface area contributed by atoms with E-state index in [1.807, 2.05) is 39.8 Å². The van der Waals surface area contributed by atoms with Crippen molar-refractivity contribution in [3.8, 4) is 0 Å². The number of aromatic nitrogens is 2. The minimum absolute atomic E-state index is 0.175. The lowest BCUT2D eigenvalue weighted by molar-refractivity contribution is 0.0919. The molecule has 2 N–H and O–H groups in total. The Hall–Kier alpha value is -2.43. The van der Waals surface area contributed by atoms with Gasteiger partial charge in [0.05, 0.1) is 5.56 Å². The lowest BCUT2D eigenvalue weighted by Gasteiger charge is -2.20. The van der Waals surface area contributed by atoms with Crippen LogP contribution >= 0.6 is 0 Å². The maximum atomic E-state index is 12.0. The standard InChI is InChI=1S/C17H22N4O/c1-11-7-6-8-14(12(11)2)20-16-18-9-13(10-19-16)15(22)21-17(3,4)5/h6-10H,1-5H3,(H,21,22)(H,18,19,20). The summed E-state index contributed by atoms with van der Waals surface area (Å²) in [4.78, 5) is 20.4. The second kappa shape index (κ2) is 6.13. The molecule has 2 rings (SSSR count). The molecular weight excluding hydrogens is 276 g/mol. The van der Waals surface area contributed by atoms with Crippen LogP contribution in [0.5, 0.6) is 0 Å².